The molecule has 0 heterocycles. The number of unbranched alkanes of at least 4 members (excludes halogenated alkanes) is 1. The van der Waals surface area contributed by atoms with Crippen LogP contribution in [0.5, 0.6) is 0 Å². The van der Waals surface area contributed by atoms with Crippen molar-refractivity contribution in [1.82, 2.24) is 0 Å². The van der Waals surface area contributed by atoms with Crippen molar-refractivity contribution in [2.45, 2.75) is 32.3 Å². The Kier molecular flexibility index (Phi) is 7.16. The summed E-state index contributed by atoms with van der Waals surface area (Å²) in [6, 6.07) is 0. The monoisotopic (exact) mass is 153 g/mol. The first-order valence-corrected chi connectivity index (χ1v) is 4.12. The molecular formula is C10H17O. The molecule has 63 valence electrons. The third-order valence-electron chi connectivity index (χ3n) is 1.29. The Morgan fingerprint density at radius 3 is 2.55 bits per heavy atom. The number of hydrogen-bond acceptors (Lipinski definition) is 1. The van der Waals surface area contributed by atoms with Crippen molar-refractivity contribution in [3.8, 4) is 0 Å². The van der Waals surface area contributed by atoms with E-state index in [0.717, 1.165) is 19.3 Å². The number of hydrogen-bond donors (Lipinski definition) is 1. The maximum Gasteiger partial charge on any atom is 0.0902 e. The molecule has 0 rings (SSSR count). The highest BCUT2D eigenvalue weighted by Gasteiger charge is 1.87. The topological polar surface area (TPSA) is 20.2 Å². The largest absolute Gasteiger partial charge is 0.385 e. The van der Waals surface area contributed by atoms with Crippen molar-refractivity contribution >= 4 is 0 Å². The van der Waals surface area contributed by atoms with Crippen LogP contribution in [0.4, 0.5) is 0 Å². The summed E-state index contributed by atoms with van der Waals surface area (Å²) in [6.07, 6.45) is 9.88. The third-order valence-corrected chi connectivity index (χ3v) is 1.29. The van der Waals surface area contributed by atoms with E-state index < -0.39 is 6.10 Å². The van der Waals surface area contributed by atoms with Crippen molar-refractivity contribution in [2.24, 2.45) is 0 Å². The van der Waals surface area contributed by atoms with Crippen molar-refractivity contribution < 1.29 is 5.11 Å². The van der Waals surface area contributed by atoms with Gasteiger partial charge in [-0.1, -0.05) is 37.6 Å². The van der Waals surface area contributed by atoms with E-state index in [1.165, 1.54) is 0 Å². The van der Waals surface area contributed by atoms with Gasteiger partial charge in [-0.15, -0.1) is 0 Å². The molecule has 1 atom stereocenters. The molecule has 0 amide bonds. The Morgan fingerprint density at radius 2 is 2.00 bits per heavy atom. The molecule has 0 aliphatic heterocycles. The molecular weight excluding hydrogens is 136 g/mol. The molecule has 0 aromatic heterocycles. The summed E-state index contributed by atoms with van der Waals surface area (Å²) < 4.78 is 0. The molecule has 1 radical (unpaired) electrons. The predicted octanol–water partition coefficient (Wildman–Crippen LogP) is 2.48. The average molecular weight is 153 g/mol. The van der Waals surface area contributed by atoms with Gasteiger partial charge in [-0.05, 0) is 19.8 Å². The summed E-state index contributed by atoms with van der Waals surface area (Å²) in [5, 5.41) is 9.21. The van der Waals surface area contributed by atoms with Crippen LogP contribution in [-0.2, 0) is 0 Å². The molecule has 0 aromatic rings. The van der Waals surface area contributed by atoms with Crippen LogP contribution in [0.1, 0.15) is 26.2 Å². The van der Waals surface area contributed by atoms with Gasteiger partial charge in [0.15, 0.2) is 0 Å². The van der Waals surface area contributed by atoms with E-state index in [-0.39, 0.29) is 0 Å². The normalized spacial score (nSPS) is 14.8. The Hall–Kier alpha value is -0.560. The highest BCUT2D eigenvalue weighted by atomic mass is 16.3. The summed E-state index contributed by atoms with van der Waals surface area (Å²) in [7, 11) is 0. The lowest BCUT2D eigenvalue weighted by Crippen LogP contribution is -1.95. The highest BCUT2D eigenvalue weighted by molar-refractivity contribution is 5.01. The van der Waals surface area contributed by atoms with Crippen LogP contribution < -0.4 is 0 Å². The summed E-state index contributed by atoms with van der Waals surface area (Å²) in [5.41, 5.74) is 0. The van der Waals surface area contributed by atoms with E-state index in [9.17, 15) is 5.11 Å². The number of allylic oxidation sites excluding steroid dienone is 2. The molecule has 0 aliphatic carbocycles. The standard InChI is InChI=1S/C10H17O/c1-3-5-7-9-10(11)8-6-4-2/h6-11H,2-5H2,1H3/b8-6?,9-7+. The molecule has 11 heavy (non-hydrogen) atoms. The molecule has 0 aromatic carbocycles. The lowest BCUT2D eigenvalue weighted by Gasteiger charge is -1.95. The van der Waals surface area contributed by atoms with Crippen molar-refractivity contribution in [2.75, 3.05) is 0 Å². The van der Waals surface area contributed by atoms with Gasteiger partial charge < -0.3 is 5.11 Å². The second-order valence-electron chi connectivity index (χ2n) is 2.42. The van der Waals surface area contributed by atoms with Crippen LogP contribution >= 0.6 is 0 Å². The summed E-state index contributed by atoms with van der Waals surface area (Å²) in [6.45, 7) is 5.75. The average Bonchev–Trinajstić information content (AvgIpc) is 2.01. The Balaban J connectivity index is 3.50. The van der Waals surface area contributed by atoms with Crippen LogP contribution in [0.2, 0.25) is 0 Å². The molecule has 0 saturated heterocycles. The zero-order chi connectivity index (χ0) is 8.53. The van der Waals surface area contributed by atoms with Crippen LogP contribution in [-0.4, -0.2) is 11.2 Å². The molecule has 0 aliphatic rings. The molecule has 0 spiro atoms. The first-order chi connectivity index (χ1) is 5.31. The Bertz CT molecular complexity index is 125. The van der Waals surface area contributed by atoms with Gasteiger partial charge in [0.2, 0.25) is 0 Å². The Labute approximate surface area is 69.4 Å². The summed E-state index contributed by atoms with van der Waals surface area (Å²) in [4.78, 5) is 0. The molecule has 1 nitrogen and oxygen atoms in total. The quantitative estimate of drug-likeness (QED) is 0.602. The van der Waals surface area contributed by atoms with Crippen molar-refractivity contribution in [3.05, 3.63) is 31.2 Å². The van der Waals surface area contributed by atoms with Crippen LogP contribution in [0.25, 0.3) is 0 Å². The SMILES string of the molecule is [CH2]CC=CC(O)/C=C/CCC. The van der Waals surface area contributed by atoms with E-state index in [2.05, 4.69) is 13.8 Å². The maximum atomic E-state index is 9.21. The molecule has 0 fully saturated rings. The minimum Gasteiger partial charge on any atom is -0.385 e. The lowest BCUT2D eigenvalue weighted by molar-refractivity contribution is 0.271. The highest BCUT2D eigenvalue weighted by Crippen LogP contribution is 1.94. The molecule has 0 bridgehead atoms. The van der Waals surface area contributed by atoms with Gasteiger partial charge in [0.05, 0.1) is 6.10 Å². The van der Waals surface area contributed by atoms with Crippen LogP contribution in [0, 0.1) is 6.92 Å². The second kappa shape index (κ2) is 7.55. The molecule has 1 unspecified atom stereocenters. The Morgan fingerprint density at radius 1 is 1.36 bits per heavy atom. The number of aliphatic hydroxyl groups excluding tert-OH is 1. The van der Waals surface area contributed by atoms with E-state index in [4.69, 9.17) is 0 Å². The van der Waals surface area contributed by atoms with Gasteiger partial charge in [0.25, 0.3) is 0 Å². The van der Waals surface area contributed by atoms with Gasteiger partial charge in [0.1, 0.15) is 0 Å². The summed E-state index contributed by atoms with van der Waals surface area (Å²) >= 11 is 0. The number of aliphatic hydroxyl groups is 1. The zero-order valence-corrected chi connectivity index (χ0v) is 7.16. The summed E-state index contributed by atoms with van der Waals surface area (Å²) in [5.74, 6) is 0. The number of rotatable bonds is 5. The van der Waals surface area contributed by atoms with E-state index >= 15 is 0 Å². The molecule has 1 N–H and O–H groups in total. The predicted molar refractivity (Wildman–Crippen MR) is 49.2 cm³/mol. The third kappa shape index (κ3) is 7.34. The van der Waals surface area contributed by atoms with Crippen LogP contribution in [0.3, 0.4) is 0 Å². The first-order valence-electron chi connectivity index (χ1n) is 4.12. The maximum absolute atomic E-state index is 9.21. The minimum absolute atomic E-state index is 0.428. The van der Waals surface area contributed by atoms with Crippen molar-refractivity contribution in [3.63, 3.8) is 0 Å². The minimum atomic E-state index is -0.428. The molecule has 1 heteroatoms. The zero-order valence-electron chi connectivity index (χ0n) is 7.16. The van der Waals surface area contributed by atoms with Gasteiger partial charge >= 0.3 is 0 Å². The second-order valence-corrected chi connectivity index (χ2v) is 2.42. The lowest BCUT2D eigenvalue weighted by atomic mass is 10.2. The van der Waals surface area contributed by atoms with E-state index in [0.29, 0.717) is 0 Å². The van der Waals surface area contributed by atoms with Gasteiger partial charge in [-0.25, -0.2) is 0 Å². The van der Waals surface area contributed by atoms with E-state index in [1.807, 2.05) is 12.2 Å². The van der Waals surface area contributed by atoms with Crippen LogP contribution in [0.15, 0.2) is 24.3 Å². The smallest absolute Gasteiger partial charge is 0.0902 e. The fourth-order valence-corrected chi connectivity index (χ4v) is 0.702. The molecule has 0 saturated carbocycles. The fourth-order valence-electron chi connectivity index (χ4n) is 0.702. The van der Waals surface area contributed by atoms with Gasteiger partial charge in [0, 0.05) is 0 Å². The van der Waals surface area contributed by atoms with Crippen molar-refractivity contribution in [1.29, 1.82) is 0 Å². The first kappa shape index (κ1) is 10.4. The fraction of sp³-hybridized carbons (Fsp3) is 0.500. The van der Waals surface area contributed by atoms with E-state index in [1.54, 1.807) is 12.2 Å². The van der Waals surface area contributed by atoms with Gasteiger partial charge in [-0.2, -0.15) is 0 Å². The van der Waals surface area contributed by atoms with Gasteiger partial charge in [-0.3, -0.25) is 0 Å².